The molecule has 0 atom stereocenters. The molecule has 0 aliphatic rings. The van der Waals surface area contributed by atoms with E-state index in [1.807, 2.05) is 0 Å². The second-order valence-electron chi connectivity index (χ2n) is 3.82. The average Bonchev–Trinajstić information content (AvgIpc) is 2.36. The maximum absolute atomic E-state index is 11.4. The third-order valence-corrected chi connectivity index (χ3v) is 2.29. The van der Waals surface area contributed by atoms with Crippen molar-refractivity contribution in [3.63, 3.8) is 0 Å². The van der Waals surface area contributed by atoms with E-state index in [1.165, 1.54) is 6.07 Å². The summed E-state index contributed by atoms with van der Waals surface area (Å²) in [5, 5.41) is 17.5. The van der Waals surface area contributed by atoms with E-state index in [0.717, 1.165) is 26.0 Å². The Morgan fingerprint density at radius 2 is 1.57 bits per heavy atom. The van der Waals surface area contributed by atoms with Gasteiger partial charge in [-0.15, -0.1) is 0 Å². The molecule has 0 aromatic heterocycles. The molecule has 2 N–H and O–H groups in total. The van der Waals surface area contributed by atoms with Crippen LogP contribution in [0.2, 0.25) is 0 Å². The summed E-state index contributed by atoms with van der Waals surface area (Å²) in [6.07, 6.45) is 0. The number of carbonyl (C=O) groups is 3. The van der Waals surface area contributed by atoms with E-state index >= 15 is 0 Å². The van der Waals surface area contributed by atoms with Crippen LogP contribution in [0, 0.1) is 0 Å². The van der Waals surface area contributed by atoms with Gasteiger partial charge in [0.05, 0.1) is 0 Å². The van der Waals surface area contributed by atoms with Crippen LogP contribution >= 0.6 is 11.6 Å². The predicted octanol–water partition coefficient (Wildman–Crippen LogP) is 1.66. The molecule has 0 heterocycles. The summed E-state index contributed by atoms with van der Waals surface area (Å²) in [7, 11) is 0. The molecule has 0 radical (unpaired) electrons. The molecule has 7 nitrogen and oxygen atoms in total. The molecule has 0 spiro atoms. The molecule has 0 bridgehead atoms. The molecule has 1 aromatic rings. The smallest absolute Gasteiger partial charge is 0.308 e. The maximum Gasteiger partial charge on any atom is 0.308 e. The molecule has 0 fully saturated rings. The molecule has 0 saturated carbocycles. The zero-order valence-electron chi connectivity index (χ0n) is 11.0. The summed E-state index contributed by atoms with van der Waals surface area (Å²) in [6.45, 7) is 2.09. The standard InChI is InChI=1S/C13H11ClO7/c1-6(15)20-11(12(13(14)19)21-7(2)16)8-3-4-9(17)10(18)5-8/h3-5,17-18H,1-2H3/b12-11+. The number of hydrogen-bond donors (Lipinski definition) is 2. The van der Waals surface area contributed by atoms with Crippen LogP contribution in [0.25, 0.3) is 5.76 Å². The minimum atomic E-state index is -1.17. The normalized spacial score (nSPS) is 11.4. The van der Waals surface area contributed by atoms with Gasteiger partial charge in [-0.05, 0) is 29.8 Å². The van der Waals surface area contributed by atoms with Gasteiger partial charge < -0.3 is 19.7 Å². The molecular formula is C13H11ClO7. The van der Waals surface area contributed by atoms with Crippen molar-refractivity contribution in [1.29, 1.82) is 0 Å². The fourth-order valence-corrected chi connectivity index (χ4v) is 1.49. The lowest BCUT2D eigenvalue weighted by Crippen LogP contribution is -2.11. The monoisotopic (exact) mass is 314 g/mol. The van der Waals surface area contributed by atoms with E-state index in [9.17, 15) is 24.6 Å². The summed E-state index contributed by atoms with van der Waals surface area (Å²) < 4.78 is 9.46. The van der Waals surface area contributed by atoms with Crippen LogP contribution in [0.15, 0.2) is 24.0 Å². The first-order valence-corrected chi connectivity index (χ1v) is 5.93. The lowest BCUT2D eigenvalue weighted by molar-refractivity contribution is -0.140. The summed E-state index contributed by atoms with van der Waals surface area (Å²) in [5.74, 6) is -3.77. The number of carbonyl (C=O) groups excluding carboxylic acids is 3. The molecule has 0 amide bonds. The van der Waals surface area contributed by atoms with Gasteiger partial charge >= 0.3 is 11.9 Å². The number of rotatable bonds is 4. The second-order valence-corrected chi connectivity index (χ2v) is 4.17. The molecular weight excluding hydrogens is 304 g/mol. The quantitative estimate of drug-likeness (QED) is 0.286. The van der Waals surface area contributed by atoms with E-state index in [2.05, 4.69) is 4.74 Å². The van der Waals surface area contributed by atoms with Crippen LogP contribution in [-0.2, 0) is 23.9 Å². The second kappa shape index (κ2) is 6.76. The minimum absolute atomic E-state index is 0.00532. The molecule has 0 aliphatic heterocycles. The topological polar surface area (TPSA) is 110 Å². The number of allylic oxidation sites excluding steroid dienone is 1. The van der Waals surface area contributed by atoms with Crippen molar-refractivity contribution in [2.24, 2.45) is 0 Å². The van der Waals surface area contributed by atoms with E-state index in [4.69, 9.17) is 16.3 Å². The highest BCUT2D eigenvalue weighted by Crippen LogP contribution is 2.31. The van der Waals surface area contributed by atoms with Crippen molar-refractivity contribution in [3.05, 3.63) is 29.5 Å². The number of esters is 2. The van der Waals surface area contributed by atoms with Crippen LogP contribution in [0.1, 0.15) is 19.4 Å². The largest absolute Gasteiger partial charge is 0.504 e. The number of hydrogen-bond acceptors (Lipinski definition) is 7. The maximum atomic E-state index is 11.4. The first-order valence-electron chi connectivity index (χ1n) is 5.55. The molecule has 0 unspecified atom stereocenters. The predicted molar refractivity (Wildman–Crippen MR) is 71.1 cm³/mol. The third-order valence-electron chi connectivity index (χ3n) is 2.11. The van der Waals surface area contributed by atoms with Gasteiger partial charge in [0.15, 0.2) is 17.3 Å². The Morgan fingerprint density at radius 3 is 2.00 bits per heavy atom. The minimum Gasteiger partial charge on any atom is -0.504 e. The van der Waals surface area contributed by atoms with Crippen LogP contribution in [0.5, 0.6) is 11.5 Å². The molecule has 0 aliphatic carbocycles. The van der Waals surface area contributed by atoms with Crippen LogP contribution in [0.4, 0.5) is 0 Å². The Morgan fingerprint density at radius 1 is 1.00 bits per heavy atom. The lowest BCUT2D eigenvalue weighted by atomic mass is 10.1. The Hall–Kier alpha value is -2.54. The Bertz CT molecular complexity index is 633. The van der Waals surface area contributed by atoms with Crippen molar-refractivity contribution in [3.8, 4) is 11.5 Å². The van der Waals surface area contributed by atoms with Gasteiger partial charge in [0.25, 0.3) is 5.24 Å². The average molecular weight is 315 g/mol. The van der Waals surface area contributed by atoms with Crippen molar-refractivity contribution in [2.45, 2.75) is 13.8 Å². The van der Waals surface area contributed by atoms with Crippen molar-refractivity contribution >= 4 is 34.5 Å². The van der Waals surface area contributed by atoms with Crippen molar-refractivity contribution in [2.75, 3.05) is 0 Å². The van der Waals surface area contributed by atoms with Gasteiger partial charge in [-0.25, -0.2) is 0 Å². The SMILES string of the molecule is CC(=O)O/C(C(=O)Cl)=C(/OC(C)=O)c1ccc(O)c(O)c1. The Kier molecular flexibility index (Phi) is 5.31. The van der Waals surface area contributed by atoms with Crippen molar-refractivity contribution in [1.82, 2.24) is 0 Å². The van der Waals surface area contributed by atoms with Crippen LogP contribution in [-0.4, -0.2) is 27.4 Å². The molecule has 21 heavy (non-hydrogen) atoms. The Balaban J connectivity index is 3.50. The molecule has 112 valence electrons. The number of benzene rings is 1. The first-order chi connectivity index (χ1) is 9.72. The number of ether oxygens (including phenoxy) is 2. The summed E-state index contributed by atoms with van der Waals surface area (Å²) in [4.78, 5) is 33.5. The van der Waals surface area contributed by atoms with E-state index in [1.54, 1.807) is 0 Å². The van der Waals surface area contributed by atoms with E-state index in [-0.39, 0.29) is 5.56 Å². The van der Waals surface area contributed by atoms with E-state index < -0.39 is 40.2 Å². The number of halogens is 1. The molecule has 0 saturated heterocycles. The summed E-state index contributed by atoms with van der Waals surface area (Å²) >= 11 is 5.31. The van der Waals surface area contributed by atoms with Gasteiger partial charge in [0.1, 0.15) is 0 Å². The number of phenolic OH excluding ortho intramolecular Hbond substituents is 2. The van der Waals surface area contributed by atoms with Crippen molar-refractivity contribution < 1.29 is 34.1 Å². The molecule has 8 heteroatoms. The fourth-order valence-electron chi connectivity index (χ4n) is 1.36. The van der Waals surface area contributed by atoms with Gasteiger partial charge in [0.2, 0.25) is 5.76 Å². The summed E-state index contributed by atoms with van der Waals surface area (Å²) in [6, 6.07) is 3.34. The fraction of sp³-hybridized carbons (Fsp3) is 0.154. The van der Waals surface area contributed by atoms with Gasteiger partial charge in [-0.2, -0.15) is 0 Å². The molecule has 1 rings (SSSR count). The summed E-state index contributed by atoms with van der Waals surface area (Å²) in [5.41, 5.74) is 0.00532. The third kappa shape index (κ3) is 4.50. The van der Waals surface area contributed by atoms with Gasteiger partial charge in [-0.3, -0.25) is 14.4 Å². The number of aromatic hydroxyl groups is 2. The Labute approximate surface area is 124 Å². The van der Waals surface area contributed by atoms with Gasteiger partial charge in [-0.1, -0.05) is 0 Å². The highest BCUT2D eigenvalue weighted by molar-refractivity contribution is 6.68. The molecule has 1 aromatic carbocycles. The zero-order chi connectivity index (χ0) is 16.2. The van der Waals surface area contributed by atoms with Crippen LogP contribution in [0.3, 0.4) is 0 Å². The lowest BCUT2D eigenvalue weighted by Gasteiger charge is -2.12. The first kappa shape index (κ1) is 16.5. The van der Waals surface area contributed by atoms with Crippen LogP contribution < -0.4 is 0 Å². The van der Waals surface area contributed by atoms with Gasteiger partial charge in [0, 0.05) is 19.4 Å². The van der Waals surface area contributed by atoms with E-state index in [0.29, 0.717) is 0 Å². The number of phenols is 2. The highest BCUT2D eigenvalue weighted by atomic mass is 35.5. The highest BCUT2D eigenvalue weighted by Gasteiger charge is 2.23. The zero-order valence-corrected chi connectivity index (χ0v) is 11.8.